The van der Waals surface area contributed by atoms with Crippen molar-refractivity contribution in [1.29, 1.82) is 0 Å². The molecular weight excluding hydrogens is 310 g/mol. The van der Waals surface area contributed by atoms with Crippen LogP contribution < -0.4 is 15.4 Å². The molecule has 9 heteroatoms. The number of rotatable bonds is 8. The molecule has 0 spiro atoms. The van der Waals surface area contributed by atoms with E-state index in [0.29, 0.717) is 25.6 Å². The van der Waals surface area contributed by atoms with E-state index >= 15 is 0 Å². The second kappa shape index (κ2) is 8.96. The van der Waals surface area contributed by atoms with Gasteiger partial charge in [-0.05, 0) is 20.8 Å². The first kappa shape index (κ1) is 17.9. The standard InChI is InChI=1S/C12H23N5O2S2/c1-4-13-12(14-6-7-17-21(18,19)5-2)16-9-11-15-8-10(3)20-11/h8,17H,4-7,9H2,1-3H3,(H2,13,14,16). The van der Waals surface area contributed by atoms with Crippen LogP contribution in [0.2, 0.25) is 0 Å². The summed E-state index contributed by atoms with van der Waals surface area (Å²) in [6.07, 6.45) is 1.83. The summed E-state index contributed by atoms with van der Waals surface area (Å²) in [6, 6.07) is 0. The lowest BCUT2D eigenvalue weighted by molar-refractivity contribution is 0.582. The van der Waals surface area contributed by atoms with Crippen LogP contribution in [0.1, 0.15) is 23.7 Å². The summed E-state index contributed by atoms with van der Waals surface area (Å²) >= 11 is 1.62. The highest BCUT2D eigenvalue weighted by atomic mass is 32.2. The molecule has 0 radical (unpaired) electrons. The van der Waals surface area contributed by atoms with E-state index in [0.717, 1.165) is 16.4 Å². The minimum Gasteiger partial charge on any atom is -0.357 e. The second-order valence-corrected chi connectivity index (χ2v) is 7.70. The number of thiazole rings is 1. The molecule has 120 valence electrons. The lowest BCUT2D eigenvalue weighted by Crippen LogP contribution is -2.41. The van der Waals surface area contributed by atoms with Crippen molar-refractivity contribution in [3.63, 3.8) is 0 Å². The molecule has 1 aromatic heterocycles. The summed E-state index contributed by atoms with van der Waals surface area (Å²) in [6.45, 7) is 7.65. The van der Waals surface area contributed by atoms with Gasteiger partial charge in [0.2, 0.25) is 10.0 Å². The van der Waals surface area contributed by atoms with E-state index in [1.807, 2.05) is 20.0 Å². The highest BCUT2D eigenvalue weighted by Crippen LogP contribution is 2.11. The molecule has 0 saturated carbocycles. The Kier molecular flexibility index (Phi) is 7.62. The predicted molar refractivity (Wildman–Crippen MR) is 87.1 cm³/mol. The molecule has 0 saturated heterocycles. The smallest absolute Gasteiger partial charge is 0.211 e. The number of sulfonamides is 1. The summed E-state index contributed by atoms with van der Waals surface area (Å²) in [5.41, 5.74) is 0. The number of hydrogen-bond acceptors (Lipinski definition) is 5. The summed E-state index contributed by atoms with van der Waals surface area (Å²) in [4.78, 5) is 9.83. The van der Waals surface area contributed by atoms with Crippen LogP contribution in [-0.2, 0) is 16.6 Å². The highest BCUT2D eigenvalue weighted by molar-refractivity contribution is 7.89. The molecular formula is C12H23N5O2S2. The molecule has 21 heavy (non-hydrogen) atoms. The fourth-order valence-electron chi connectivity index (χ4n) is 1.45. The van der Waals surface area contributed by atoms with Crippen molar-refractivity contribution in [3.8, 4) is 0 Å². The maximum Gasteiger partial charge on any atom is 0.211 e. The summed E-state index contributed by atoms with van der Waals surface area (Å²) < 4.78 is 25.1. The molecule has 0 unspecified atom stereocenters. The van der Waals surface area contributed by atoms with Gasteiger partial charge in [0.1, 0.15) is 5.01 Å². The van der Waals surface area contributed by atoms with Crippen LogP contribution in [0.5, 0.6) is 0 Å². The molecule has 0 aliphatic heterocycles. The molecule has 0 aliphatic rings. The maximum absolute atomic E-state index is 11.3. The fraction of sp³-hybridized carbons (Fsp3) is 0.667. The van der Waals surface area contributed by atoms with E-state index in [1.165, 1.54) is 0 Å². The van der Waals surface area contributed by atoms with Gasteiger partial charge in [0.25, 0.3) is 0 Å². The van der Waals surface area contributed by atoms with E-state index in [-0.39, 0.29) is 5.75 Å². The molecule has 0 aliphatic carbocycles. The number of nitrogens with one attached hydrogen (secondary N) is 3. The first-order chi connectivity index (χ1) is 9.96. The molecule has 0 aromatic carbocycles. The van der Waals surface area contributed by atoms with Crippen LogP contribution >= 0.6 is 11.3 Å². The van der Waals surface area contributed by atoms with Crippen LogP contribution in [0.4, 0.5) is 0 Å². The number of aliphatic imine (C=N–C) groups is 1. The van der Waals surface area contributed by atoms with Crippen molar-refractivity contribution in [2.75, 3.05) is 25.4 Å². The normalized spacial score (nSPS) is 12.4. The number of hydrogen-bond donors (Lipinski definition) is 3. The van der Waals surface area contributed by atoms with E-state index in [2.05, 4.69) is 25.3 Å². The summed E-state index contributed by atoms with van der Waals surface area (Å²) in [5, 5.41) is 7.15. The number of guanidine groups is 1. The third kappa shape index (κ3) is 7.39. The first-order valence-electron chi connectivity index (χ1n) is 6.87. The SMILES string of the molecule is CCNC(=NCc1ncc(C)s1)NCCNS(=O)(=O)CC. The number of aryl methyl sites for hydroxylation is 1. The highest BCUT2D eigenvalue weighted by Gasteiger charge is 2.05. The Morgan fingerprint density at radius 1 is 1.33 bits per heavy atom. The van der Waals surface area contributed by atoms with Gasteiger partial charge in [-0.15, -0.1) is 11.3 Å². The first-order valence-corrected chi connectivity index (χ1v) is 9.34. The number of aromatic nitrogens is 1. The largest absolute Gasteiger partial charge is 0.357 e. The van der Waals surface area contributed by atoms with Gasteiger partial charge in [-0.1, -0.05) is 0 Å². The zero-order valence-corrected chi connectivity index (χ0v) is 14.3. The topological polar surface area (TPSA) is 95.5 Å². The van der Waals surface area contributed by atoms with Gasteiger partial charge in [-0.3, -0.25) is 0 Å². The summed E-state index contributed by atoms with van der Waals surface area (Å²) in [7, 11) is -3.14. The van der Waals surface area contributed by atoms with Gasteiger partial charge < -0.3 is 10.6 Å². The van der Waals surface area contributed by atoms with Crippen molar-refractivity contribution in [2.45, 2.75) is 27.3 Å². The number of nitrogens with zero attached hydrogens (tertiary/aromatic N) is 2. The van der Waals surface area contributed by atoms with Crippen molar-refractivity contribution >= 4 is 27.3 Å². The molecule has 0 atom stereocenters. The molecule has 0 bridgehead atoms. The van der Waals surface area contributed by atoms with Gasteiger partial charge >= 0.3 is 0 Å². The molecule has 1 heterocycles. The van der Waals surface area contributed by atoms with Gasteiger partial charge in [0.05, 0.1) is 12.3 Å². The fourth-order valence-corrected chi connectivity index (χ4v) is 2.78. The molecule has 0 fully saturated rings. The molecule has 1 aromatic rings. The van der Waals surface area contributed by atoms with Crippen LogP contribution in [0.3, 0.4) is 0 Å². The van der Waals surface area contributed by atoms with E-state index in [9.17, 15) is 8.42 Å². The maximum atomic E-state index is 11.3. The lowest BCUT2D eigenvalue weighted by Gasteiger charge is -2.11. The third-order valence-corrected chi connectivity index (χ3v) is 4.81. The molecule has 7 nitrogen and oxygen atoms in total. The Labute approximate surface area is 130 Å². The Morgan fingerprint density at radius 3 is 2.67 bits per heavy atom. The minimum absolute atomic E-state index is 0.0879. The van der Waals surface area contributed by atoms with Gasteiger partial charge in [0.15, 0.2) is 5.96 Å². The minimum atomic E-state index is -3.14. The Bertz CT molecular complexity index is 554. The zero-order valence-electron chi connectivity index (χ0n) is 12.6. The summed E-state index contributed by atoms with van der Waals surface area (Å²) in [5.74, 6) is 0.742. The van der Waals surface area contributed by atoms with Crippen molar-refractivity contribution in [2.24, 2.45) is 4.99 Å². The monoisotopic (exact) mass is 333 g/mol. The quantitative estimate of drug-likeness (QED) is 0.365. The van der Waals surface area contributed by atoms with Crippen LogP contribution in [0, 0.1) is 6.92 Å². The lowest BCUT2D eigenvalue weighted by atomic mass is 10.6. The predicted octanol–water partition coefficient (Wildman–Crippen LogP) is 0.446. The Hall–Kier alpha value is -1.19. The van der Waals surface area contributed by atoms with E-state index in [1.54, 1.807) is 18.3 Å². The van der Waals surface area contributed by atoms with Crippen LogP contribution in [0.25, 0.3) is 0 Å². The van der Waals surface area contributed by atoms with E-state index in [4.69, 9.17) is 0 Å². The van der Waals surface area contributed by atoms with Gasteiger partial charge in [-0.25, -0.2) is 23.1 Å². The molecule has 3 N–H and O–H groups in total. The van der Waals surface area contributed by atoms with Crippen molar-refractivity contribution in [1.82, 2.24) is 20.3 Å². The molecule has 1 rings (SSSR count). The van der Waals surface area contributed by atoms with E-state index < -0.39 is 10.0 Å². The van der Waals surface area contributed by atoms with Gasteiger partial charge in [0, 0.05) is 30.7 Å². The Balaban J connectivity index is 2.42. The zero-order chi connectivity index (χ0) is 15.7. The van der Waals surface area contributed by atoms with Crippen LogP contribution in [0.15, 0.2) is 11.2 Å². The average molecular weight is 333 g/mol. The van der Waals surface area contributed by atoms with Crippen molar-refractivity contribution < 1.29 is 8.42 Å². The van der Waals surface area contributed by atoms with Crippen molar-refractivity contribution in [3.05, 3.63) is 16.1 Å². The molecule has 0 amide bonds. The third-order valence-electron chi connectivity index (χ3n) is 2.51. The average Bonchev–Trinajstić information content (AvgIpc) is 2.86. The second-order valence-electron chi connectivity index (χ2n) is 4.28. The Morgan fingerprint density at radius 2 is 2.10 bits per heavy atom. The van der Waals surface area contributed by atoms with Crippen LogP contribution in [-0.4, -0.2) is 44.7 Å². The van der Waals surface area contributed by atoms with Gasteiger partial charge in [-0.2, -0.15) is 0 Å².